The normalized spacial score (nSPS) is 11.8. The average molecular weight is 399 g/mol. The second kappa shape index (κ2) is 10.2. The Labute approximate surface area is 177 Å². The predicted octanol–water partition coefficient (Wildman–Crippen LogP) is 5.45. The molecule has 0 aromatic heterocycles. The maximum absolute atomic E-state index is 13.2. The summed E-state index contributed by atoms with van der Waals surface area (Å²) in [5, 5.41) is 2.81. The average Bonchev–Trinajstić information content (AvgIpc) is 2.76. The van der Waals surface area contributed by atoms with Gasteiger partial charge in [-0.1, -0.05) is 72.8 Å². The first-order valence-corrected chi connectivity index (χ1v) is 9.98. The van der Waals surface area contributed by atoms with Crippen molar-refractivity contribution in [3.8, 4) is 0 Å². The van der Waals surface area contributed by atoms with Crippen molar-refractivity contribution in [1.29, 1.82) is 0 Å². The lowest BCUT2D eigenvalue weighted by atomic mass is 10.0. The van der Waals surface area contributed by atoms with Gasteiger partial charge in [-0.05, 0) is 41.8 Å². The van der Waals surface area contributed by atoms with Gasteiger partial charge in [0.2, 0.25) is 11.8 Å². The summed E-state index contributed by atoms with van der Waals surface area (Å²) in [6.45, 7) is 3.98. The van der Waals surface area contributed by atoms with Crippen LogP contribution in [0.5, 0.6) is 0 Å². The maximum atomic E-state index is 13.2. The van der Waals surface area contributed by atoms with Gasteiger partial charge in [-0.25, -0.2) is 0 Å². The Morgan fingerprint density at radius 1 is 0.933 bits per heavy atom. The van der Waals surface area contributed by atoms with E-state index in [9.17, 15) is 9.59 Å². The van der Waals surface area contributed by atoms with Crippen LogP contribution in [0.3, 0.4) is 0 Å². The third-order valence-electron chi connectivity index (χ3n) is 4.85. The molecular weight excluding hydrogens is 372 g/mol. The third-order valence-corrected chi connectivity index (χ3v) is 4.85. The van der Waals surface area contributed by atoms with E-state index in [1.54, 1.807) is 6.08 Å². The molecule has 2 amide bonds. The predicted molar refractivity (Wildman–Crippen MR) is 122 cm³/mol. The second-order valence-electron chi connectivity index (χ2n) is 7.18. The van der Waals surface area contributed by atoms with E-state index in [1.165, 1.54) is 6.92 Å². The Bertz CT molecular complexity index is 1010. The molecule has 0 spiro atoms. The molecule has 0 radical (unpaired) electrons. The van der Waals surface area contributed by atoms with Crippen molar-refractivity contribution >= 4 is 23.6 Å². The number of carbonyl (C=O) groups is 2. The van der Waals surface area contributed by atoms with Gasteiger partial charge in [0, 0.05) is 25.2 Å². The molecule has 3 rings (SSSR count). The molecule has 3 aromatic carbocycles. The molecule has 0 saturated carbocycles. The van der Waals surface area contributed by atoms with Crippen molar-refractivity contribution in [2.75, 3.05) is 5.32 Å². The second-order valence-corrected chi connectivity index (χ2v) is 7.18. The first-order chi connectivity index (χ1) is 14.5. The van der Waals surface area contributed by atoms with Crippen LogP contribution in [-0.2, 0) is 16.1 Å². The largest absolute Gasteiger partial charge is 0.328 e. The van der Waals surface area contributed by atoms with Crippen molar-refractivity contribution in [3.05, 3.63) is 108 Å². The molecule has 30 heavy (non-hydrogen) atoms. The SMILES string of the molecule is CC(=O)Nc1cccc([C@H](C)N(Cc2ccccc2)C(=O)/C=C/c2ccccc2)c1. The van der Waals surface area contributed by atoms with Gasteiger partial charge in [-0.15, -0.1) is 0 Å². The van der Waals surface area contributed by atoms with Crippen LogP contribution >= 0.6 is 0 Å². The monoisotopic (exact) mass is 398 g/mol. The summed E-state index contributed by atoms with van der Waals surface area (Å²) in [7, 11) is 0. The van der Waals surface area contributed by atoms with Gasteiger partial charge in [-0.3, -0.25) is 9.59 Å². The van der Waals surface area contributed by atoms with E-state index in [2.05, 4.69) is 5.32 Å². The van der Waals surface area contributed by atoms with E-state index in [-0.39, 0.29) is 17.9 Å². The fraction of sp³-hybridized carbons (Fsp3) is 0.154. The Kier molecular flexibility index (Phi) is 7.17. The van der Waals surface area contributed by atoms with Gasteiger partial charge in [0.1, 0.15) is 0 Å². The van der Waals surface area contributed by atoms with E-state index >= 15 is 0 Å². The molecular formula is C26H26N2O2. The number of hydrogen-bond acceptors (Lipinski definition) is 2. The molecule has 0 unspecified atom stereocenters. The number of anilines is 1. The van der Waals surface area contributed by atoms with Crippen LogP contribution in [0.25, 0.3) is 6.08 Å². The third kappa shape index (κ3) is 5.92. The summed E-state index contributed by atoms with van der Waals surface area (Å²) in [6.07, 6.45) is 3.45. The lowest BCUT2D eigenvalue weighted by Gasteiger charge is -2.29. The number of carbonyl (C=O) groups excluding carboxylic acids is 2. The lowest BCUT2D eigenvalue weighted by molar-refractivity contribution is -0.128. The summed E-state index contributed by atoms with van der Waals surface area (Å²) in [5.74, 6) is -0.192. The highest BCUT2D eigenvalue weighted by Gasteiger charge is 2.20. The summed E-state index contributed by atoms with van der Waals surface area (Å²) in [5.41, 5.74) is 3.71. The van der Waals surface area contributed by atoms with Gasteiger partial charge in [0.05, 0.1) is 6.04 Å². The topological polar surface area (TPSA) is 49.4 Å². The first kappa shape index (κ1) is 21.1. The van der Waals surface area contributed by atoms with Crippen LogP contribution in [-0.4, -0.2) is 16.7 Å². The highest BCUT2D eigenvalue weighted by molar-refractivity contribution is 5.92. The number of benzene rings is 3. The quantitative estimate of drug-likeness (QED) is 0.538. The molecule has 0 aliphatic rings. The van der Waals surface area contributed by atoms with Crippen molar-refractivity contribution in [3.63, 3.8) is 0 Å². The van der Waals surface area contributed by atoms with Crippen molar-refractivity contribution in [2.45, 2.75) is 26.4 Å². The highest BCUT2D eigenvalue weighted by atomic mass is 16.2. The zero-order valence-electron chi connectivity index (χ0n) is 17.3. The lowest BCUT2D eigenvalue weighted by Crippen LogP contribution is -2.31. The van der Waals surface area contributed by atoms with Crippen LogP contribution < -0.4 is 5.32 Å². The number of amides is 2. The van der Waals surface area contributed by atoms with Crippen LogP contribution in [0.1, 0.15) is 36.6 Å². The zero-order chi connectivity index (χ0) is 21.3. The Balaban J connectivity index is 1.87. The molecule has 152 valence electrons. The standard InChI is InChI=1S/C26H26N2O2/c1-20(24-14-9-15-25(18-24)27-21(2)29)28(19-23-12-7-4-8-13-23)26(30)17-16-22-10-5-3-6-11-22/h3-18,20H,19H2,1-2H3,(H,27,29)/b17-16+/t20-/m0/s1. The smallest absolute Gasteiger partial charge is 0.247 e. The summed E-state index contributed by atoms with van der Waals surface area (Å²) in [6, 6.07) is 27.2. The number of rotatable bonds is 7. The van der Waals surface area contributed by atoms with Gasteiger partial charge in [0.25, 0.3) is 0 Å². The Morgan fingerprint density at radius 2 is 1.60 bits per heavy atom. The summed E-state index contributed by atoms with van der Waals surface area (Å²) < 4.78 is 0. The van der Waals surface area contributed by atoms with Crippen LogP contribution in [0.2, 0.25) is 0 Å². The van der Waals surface area contributed by atoms with E-state index < -0.39 is 0 Å². The van der Waals surface area contributed by atoms with E-state index in [0.29, 0.717) is 6.54 Å². The van der Waals surface area contributed by atoms with Gasteiger partial charge >= 0.3 is 0 Å². The minimum Gasteiger partial charge on any atom is -0.328 e. The molecule has 4 heteroatoms. The highest BCUT2D eigenvalue weighted by Crippen LogP contribution is 2.25. The molecule has 0 bridgehead atoms. The molecule has 3 aromatic rings. The van der Waals surface area contributed by atoms with Gasteiger partial charge in [-0.2, -0.15) is 0 Å². The first-order valence-electron chi connectivity index (χ1n) is 9.98. The molecule has 1 N–H and O–H groups in total. The Hall–Kier alpha value is -3.66. The molecule has 0 aliphatic heterocycles. The van der Waals surface area contributed by atoms with Crippen LogP contribution in [0, 0.1) is 0 Å². The van der Waals surface area contributed by atoms with Crippen molar-refractivity contribution < 1.29 is 9.59 Å². The van der Waals surface area contributed by atoms with Crippen molar-refractivity contribution in [2.24, 2.45) is 0 Å². The zero-order valence-corrected chi connectivity index (χ0v) is 17.3. The van der Waals surface area contributed by atoms with Crippen molar-refractivity contribution in [1.82, 2.24) is 4.90 Å². The summed E-state index contributed by atoms with van der Waals surface area (Å²) >= 11 is 0. The minimum absolute atomic E-state index is 0.0693. The Morgan fingerprint density at radius 3 is 2.27 bits per heavy atom. The fourth-order valence-electron chi connectivity index (χ4n) is 3.27. The number of nitrogens with zero attached hydrogens (tertiary/aromatic N) is 1. The molecule has 0 saturated heterocycles. The minimum atomic E-state index is -0.174. The van der Waals surface area contributed by atoms with E-state index in [4.69, 9.17) is 0 Å². The molecule has 0 fully saturated rings. The van der Waals surface area contributed by atoms with E-state index in [0.717, 1.165) is 22.4 Å². The van der Waals surface area contributed by atoms with Crippen LogP contribution in [0.4, 0.5) is 5.69 Å². The number of nitrogens with one attached hydrogen (secondary N) is 1. The fourth-order valence-corrected chi connectivity index (χ4v) is 3.27. The van der Waals surface area contributed by atoms with Crippen LogP contribution in [0.15, 0.2) is 91.0 Å². The maximum Gasteiger partial charge on any atom is 0.247 e. The van der Waals surface area contributed by atoms with E-state index in [1.807, 2.05) is 103 Å². The molecule has 0 heterocycles. The molecule has 1 atom stereocenters. The van der Waals surface area contributed by atoms with Gasteiger partial charge < -0.3 is 10.2 Å². The molecule has 4 nitrogen and oxygen atoms in total. The van der Waals surface area contributed by atoms with Gasteiger partial charge in [0.15, 0.2) is 0 Å². The molecule has 0 aliphatic carbocycles. The summed E-state index contributed by atoms with van der Waals surface area (Å²) in [4.78, 5) is 26.4. The number of hydrogen-bond donors (Lipinski definition) is 1.